The fourth-order valence-electron chi connectivity index (χ4n) is 1.10. The van der Waals surface area contributed by atoms with Gasteiger partial charge in [0.1, 0.15) is 0 Å². The summed E-state index contributed by atoms with van der Waals surface area (Å²) in [5.74, 6) is 0. The van der Waals surface area contributed by atoms with Crippen LogP contribution >= 0.6 is 24.0 Å². The molecule has 0 aromatic heterocycles. The summed E-state index contributed by atoms with van der Waals surface area (Å²) in [7, 11) is -3.57. The van der Waals surface area contributed by atoms with Crippen molar-refractivity contribution in [2.45, 2.75) is 24.3 Å². The average Bonchev–Trinajstić information content (AvgIpc) is 2.16. The first-order chi connectivity index (χ1) is 7.27. The van der Waals surface area contributed by atoms with E-state index in [1.165, 1.54) is 12.1 Å². The lowest BCUT2D eigenvalue weighted by Crippen LogP contribution is -2.48. The van der Waals surface area contributed by atoms with Crippen molar-refractivity contribution in [3.05, 3.63) is 29.3 Å². The molecule has 0 radical (unpaired) electrons. The minimum atomic E-state index is -3.57. The van der Waals surface area contributed by atoms with E-state index < -0.39 is 15.6 Å². The van der Waals surface area contributed by atoms with Crippen molar-refractivity contribution in [3.63, 3.8) is 0 Å². The highest BCUT2D eigenvalue weighted by Gasteiger charge is 2.24. The molecule has 0 aliphatic carbocycles. The maximum absolute atomic E-state index is 11.9. The van der Waals surface area contributed by atoms with Crippen LogP contribution in [0.3, 0.4) is 0 Å². The van der Waals surface area contributed by atoms with Crippen LogP contribution < -0.4 is 10.5 Å². The number of hydrogen-bond donors (Lipinski definition) is 2. The van der Waals surface area contributed by atoms with Crippen molar-refractivity contribution < 1.29 is 8.42 Å². The number of nitrogens with two attached hydrogens (primary N) is 1. The fraction of sp³-hybridized carbons (Fsp3) is 0.400. The third kappa shape index (κ3) is 4.81. The molecule has 7 heteroatoms. The fourth-order valence-corrected chi connectivity index (χ4v) is 2.82. The van der Waals surface area contributed by atoms with Crippen molar-refractivity contribution in [3.8, 4) is 0 Å². The van der Waals surface area contributed by atoms with Crippen molar-refractivity contribution in [2.24, 2.45) is 5.73 Å². The molecule has 4 nitrogen and oxygen atoms in total. The second-order valence-corrected chi connectivity index (χ2v) is 6.27. The summed E-state index contributed by atoms with van der Waals surface area (Å²) in [4.78, 5) is 0.140. The van der Waals surface area contributed by atoms with Gasteiger partial charge in [0.25, 0.3) is 0 Å². The van der Waals surface area contributed by atoms with E-state index in [2.05, 4.69) is 4.72 Å². The number of benzene rings is 1. The van der Waals surface area contributed by atoms with Crippen molar-refractivity contribution in [1.82, 2.24) is 4.72 Å². The zero-order valence-electron chi connectivity index (χ0n) is 9.60. The van der Waals surface area contributed by atoms with E-state index in [-0.39, 0.29) is 23.8 Å². The van der Waals surface area contributed by atoms with E-state index in [4.69, 9.17) is 17.3 Å². The molecule has 0 saturated carbocycles. The van der Waals surface area contributed by atoms with Crippen LogP contribution in [-0.4, -0.2) is 20.5 Å². The van der Waals surface area contributed by atoms with Gasteiger partial charge in [0, 0.05) is 17.1 Å². The van der Waals surface area contributed by atoms with Crippen molar-refractivity contribution in [1.29, 1.82) is 0 Å². The van der Waals surface area contributed by atoms with Gasteiger partial charge in [-0.2, -0.15) is 0 Å². The standard InChI is InChI=1S/C10H15ClN2O2S.ClH/c1-10(2,7-12)13-16(14,15)9-5-3-4-8(11)6-9;/h3-6,13H,7,12H2,1-2H3;1H. The summed E-state index contributed by atoms with van der Waals surface area (Å²) in [5, 5.41) is 0.383. The van der Waals surface area contributed by atoms with E-state index >= 15 is 0 Å². The van der Waals surface area contributed by atoms with Crippen LogP contribution in [0.1, 0.15) is 13.8 Å². The Morgan fingerprint density at radius 2 is 2.00 bits per heavy atom. The first-order valence-corrected chi connectivity index (χ1v) is 6.62. The van der Waals surface area contributed by atoms with Crippen LogP contribution in [0.4, 0.5) is 0 Å². The van der Waals surface area contributed by atoms with Crippen LogP contribution in [0.5, 0.6) is 0 Å². The quantitative estimate of drug-likeness (QED) is 0.890. The Labute approximate surface area is 113 Å². The van der Waals surface area contributed by atoms with Gasteiger partial charge < -0.3 is 5.73 Å². The van der Waals surface area contributed by atoms with Crippen LogP contribution in [0.2, 0.25) is 5.02 Å². The number of rotatable bonds is 4. The van der Waals surface area contributed by atoms with Gasteiger partial charge in [-0.25, -0.2) is 13.1 Å². The van der Waals surface area contributed by atoms with Gasteiger partial charge in [0.15, 0.2) is 0 Å². The van der Waals surface area contributed by atoms with E-state index in [0.717, 1.165) is 0 Å². The number of sulfonamides is 1. The molecule has 3 N–H and O–H groups in total. The van der Waals surface area contributed by atoms with Crippen LogP contribution in [-0.2, 0) is 10.0 Å². The minimum Gasteiger partial charge on any atom is -0.329 e. The number of halogens is 2. The molecular formula is C10H16Cl2N2O2S. The highest BCUT2D eigenvalue weighted by atomic mass is 35.5. The smallest absolute Gasteiger partial charge is 0.241 e. The van der Waals surface area contributed by atoms with Crippen LogP contribution in [0, 0.1) is 0 Å². The Hall–Kier alpha value is -0.330. The molecule has 1 rings (SSSR count). The zero-order chi connectivity index (χ0) is 12.4. The minimum absolute atomic E-state index is 0. The molecule has 0 amide bonds. The largest absolute Gasteiger partial charge is 0.329 e. The predicted octanol–water partition coefficient (Wildman–Crippen LogP) is 1.78. The molecule has 0 spiro atoms. The summed E-state index contributed by atoms with van der Waals surface area (Å²) in [5.41, 5.74) is 4.79. The molecule has 0 atom stereocenters. The van der Waals surface area contributed by atoms with Gasteiger partial charge in [0.05, 0.1) is 4.90 Å². The summed E-state index contributed by atoms with van der Waals surface area (Å²) < 4.78 is 26.4. The van der Waals surface area contributed by atoms with Gasteiger partial charge in [-0.15, -0.1) is 12.4 Å². The first kappa shape index (κ1) is 16.7. The second-order valence-electron chi connectivity index (χ2n) is 4.15. The van der Waals surface area contributed by atoms with E-state index in [0.29, 0.717) is 5.02 Å². The molecule has 1 aromatic carbocycles. The lowest BCUT2D eigenvalue weighted by molar-refractivity contribution is 0.462. The molecule has 0 bridgehead atoms. The summed E-state index contributed by atoms with van der Waals surface area (Å²) in [6.07, 6.45) is 0. The van der Waals surface area contributed by atoms with Gasteiger partial charge in [-0.05, 0) is 32.0 Å². The molecule has 0 aliphatic rings. The van der Waals surface area contributed by atoms with Gasteiger partial charge >= 0.3 is 0 Å². The zero-order valence-corrected chi connectivity index (χ0v) is 12.0. The Balaban J connectivity index is 0.00000256. The molecule has 17 heavy (non-hydrogen) atoms. The second kappa shape index (κ2) is 6.02. The van der Waals surface area contributed by atoms with Crippen molar-refractivity contribution >= 4 is 34.0 Å². The molecule has 0 aliphatic heterocycles. The van der Waals surface area contributed by atoms with Crippen molar-refractivity contribution in [2.75, 3.05) is 6.54 Å². The summed E-state index contributed by atoms with van der Waals surface area (Å²) in [6.45, 7) is 3.65. The monoisotopic (exact) mass is 298 g/mol. The highest BCUT2D eigenvalue weighted by molar-refractivity contribution is 7.89. The predicted molar refractivity (Wildman–Crippen MR) is 72.2 cm³/mol. The number of hydrogen-bond acceptors (Lipinski definition) is 3. The maximum atomic E-state index is 11.9. The Morgan fingerprint density at radius 3 is 2.47 bits per heavy atom. The maximum Gasteiger partial charge on any atom is 0.241 e. The Kier molecular flexibility index (Phi) is 5.90. The molecule has 0 unspecified atom stereocenters. The third-order valence-electron chi connectivity index (χ3n) is 2.03. The molecular weight excluding hydrogens is 283 g/mol. The van der Waals surface area contributed by atoms with Gasteiger partial charge in [-0.1, -0.05) is 17.7 Å². The molecule has 0 fully saturated rings. The van der Waals surface area contributed by atoms with E-state index in [1.54, 1.807) is 26.0 Å². The summed E-state index contributed by atoms with van der Waals surface area (Å²) in [6, 6.07) is 6.10. The topological polar surface area (TPSA) is 72.2 Å². The normalized spacial score (nSPS) is 12.0. The van der Waals surface area contributed by atoms with E-state index in [1.807, 2.05) is 0 Å². The molecule has 98 valence electrons. The van der Waals surface area contributed by atoms with Crippen LogP contribution in [0.15, 0.2) is 29.2 Å². The van der Waals surface area contributed by atoms with Gasteiger partial charge in [-0.3, -0.25) is 0 Å². The first-order valence-electron chi connectivity index (χ1n) is 4.76. The Morgan fingerprint density at radius 1 is 1.41 bits per heavy atom. The lowest BCUT2D eigenvalue weighted by Gasteiger charge is -2.23. The summed E-state index contributed by atoms with van der Waals surface area (Å²) >= 11 is 5.74. The Bertz CT molecular complexity index is 475. The van der Waals surface area contributed by atoms with E-state index in [9.17, 15) is 8.42 Å². The SMILES string of the molecule is CC(C)(CN)NS(=O)(=O)c1cccc(Cl)c1.Cl. The highest BCUT2D eigenvalue weighted by Crippen LogP contribution is 2.17. The third-order valence-corrected chi connectivity index (χ3v) is 3.96. The van der Waals surface area contributed by atoms with Gasteiger partial charge in [0.2, 0.25) is 10.0 Å². The average molecular weight is 299 g/mol. The molecule has 1 aromatic rings. The number of nitrogens with one attached hydrogen (secondary N) is 1. The molecule has 0 heterocycles. The lowest BCUT2D eigenvalue weighted by atomic mass is 10.1. The molecule has 0 saturated heterocycles. The van der Waals surface area contributed by atoms with Crippen LogP contribution in [0.25, 0.3) is 0 Å².